The third kappa shape index (κ3) is 41.6. The molecule has 0 aromatic carbocycles. The summed E-state index contributed by atoms with van der Waals surface area (Å²) in [5.74, 6) is -0.473. The second kappa shape index (κ2) is 50.3. The highest BCUT2D eigenvalue weighted by Gasteiger charge is 2.51. The largest absolute Gasteiger partial charge is 0.472 e. The lowest BCUT2D eigenvalue weighted by Crippen LogP contribution is -2.64. The number of aliphatic hydroxyl groups excluding tert-OH is 5. The number of aliphatic hydroxyl groups is 5. The SMILES string of the molecule is CCCCCCC/C=C\C/C=C\CCCCCCCCCCCCCC(=O)OC(COCCCCCCCCCCCCCCCCCCCCCCCCC)COP(=O)(O)OC1C(O)C(O)C(O)C(O)C1O. The Morgan fingerprint density at radius 2 is 0.767 bits per heavy atom. The third-order valence-electron chi connectivity index (χ3n) is 14.6. The fraction of sp³-hybridized carbons (Fsp3) is 0.917. The Bertz CT molecular complexity index is 1300. The van der Waals surface area contributed by atoms with Gasteiger partial charge in [-0.2, -0.15) is 0 Å². The molecule has 6 unspecified atom stereocenters. The molecular formula is C60H115O12P. The van der Waals surface area contributed by atoms with Crippen molar-refractivity contribution in [1.82, 2.24) is 0 Å². The number of hydrogen-bond acceptors (Lipinski definition) is 11. The number of hydrogen-bond donors (Lipinski definition) is 6. The molecule has 0 spiro atoms. The molecule has 1 saturated carbocycles. The second-order valence-corrected chi connectivity index (χ2v) is 23.0. The number of phosphoric acid groups is 1. The predicted molar refractivity (Wildman–Crippen MR) is 300 cm³/mol. The molecule has 0 amide bonds. The van der Waals surface area contributed by atoms with Gasteiger partial charge >= 0.3 is 13.8 Å². The average Bonchev–Trinajstić information content (AvgIpc) is 3.38. The summed E-state index contributed by atoms with van der Waals surface area (Å²) in [5.41, 5.74) is 0. The Morgan fingerprint density at radius 3 is 1.15 bits per heavy atom. The van der Waals surface area contributed by atoms with E-state index in [1.54, 1.807) is 0 Å². The first-order valence-corrected chi connectivity index (χ1v) is 32.2. The van der Waals surface area contributed by atoms with Gasteiger partial charge in [0.05, 0.1) is 13.2 Å². The minimum absolute atomic E-state index is 0.0718. The van der Waals surface area contributed by atoms with E-state index in [9.17, 15) is 39.8 Å². The lowest BCUT2D eigenvalue weighted by Gasteiger charge is -2.41. The molecule has 6 atom stereocenters. The van der Waals surface area contributed by atoms with Gasteiger partial charge in [-0.05, 0) is 44.9 Å². The van der Waals surface area contributed by atoms with Crippen LogP contribution in [0.2, 0.25) is 0 Å². The number of esters is 1. The molecule has 0 aromatic heterocycles. The van der Waals surface area contributed by atoms with Crippen LogP contribution in [0.15, 0.2) is 24.3 Å². The lowest BCUT2D eigenvalue weighted by atomic mass is 9.85. The van der Waals surface area contributed by atoms with Crippen molar-refractivity contribution in [1.29, 1.82) is 0 Å². The number of carbonyl (C=O) groups excluding carboxylic acids is 1. The van der Waals surface area contributed by atoms with Gasteiger partial charge in [-0.1, -0.05) is 263 Å². The van der Waals surface area contributed by atoms with E-state index < -0.39 is 63.1 Å². The van der Waals surface area contributed by atoms with Gasteiger partial charge in [0, 0.05) is 13.0 Å². The summed E-state index contributed by atoms with van der Waals surface area (Å²) in [7, 11) is -5.03. The molecular weight excluding hydrogens is 944 g/mol. The fourth-order valence-corrected chi connectivity index (χ4v) is 10.7. The minimum Gasteiger partial charge on any atom is -0.457 e. The van der Waals surface area contributed by atoms with Gasteiger partial charge in [0.15, 0.2) is 0 Å². The van der Waals surface area contributed by atoms with Crippen molar-refractivity contribution in [2.75, 3.05) is 19.8 Å². The third-order valence-corrected chi connectivity index (χ3v) is 15.6. The average molecular weight is 1060 g/mol. The van der Waals surface area contributed by atoms with Crippen molar-refractivity contribution in [3.8, 4) is 0 Å². The first-order valence-electron chi connectivity index (χ1n) is 30.7. The van der Waals surface area contributed by atoms with Crippen LogP contribution in [0.4, 0.5) is 0 Å². The second-order valence-electron chi connectivity index (χ2n) is 21.6. The summed E-state index contributed by atoms with van der Waals surface area (Å²) in [6.45, 7) is 4.32. The number of rotatable bonds is 54. The monoisotopic (exact) mass is 1060 g/mol. The molecule has 0 aromatic rings. The zero-order valence-electron chi connectivity index (χ0n) is 47.0. The van der Waals surface area contributed by atoms with Gasteiger partial charge in [-0.25, -0.2) is 4.57 Å². The Kier molecular flexibility index (Phi) is 48.1. The Balaban J connectivity index is 2.24. The Labute approximate surface area is 447 Å². The van der Waals surface area contributed by atoms with Gasteiger partial charge < -0.3 is 39.9 Å². The molecule has 0 heterocycles. The summed E-state index contributed by atoms with van der Waals surface area (Å²) in [5, 5.41) is 50.5. The number of unbranched alkanes of at least 4 members (excludes halogenated alkanes) is 38. The van der Waals surface area contributed by atoms with E-state index in [0.29, 0.717) is 13.0 Å². The van der Waals surface area contributed by atoms with Crippen LogP contribution in [0, 0.1) is 0 Å². The molecule has 1 aliphatic rings. The topological polar surface area (TPSA) is 192 Å². The van der Waals surface area contributed by atoms with Crippen LogP contribution in [-0.2, 0) is 27.9 Å². The molecule has 0 radical (unpaired) electrons. The van der Waals surface area contributed by atoms with Crippen molar-refractivity contribution in [3.05, 3.63) is 24.3 Å². The number of carbonyl (C=O) groups is 1. The van der Waals surface area contributed by atoms with Crippen LogP contribution in [0.25, 0.3) is 0 Å². The van der Waals surface area contributed by atoms with Gasteiger partial charge in [0.2, 0.25) is 0 Å². The molecule has 1 rings (SSSR count). The summed E-state index contributed by atoms with van der Waals surface area (Å²) < 4.78 is 34.5. The first kappa shape index (κ1) is 69.8. The van der Waals surface area contributed by atoms with Crippen molar-refractivity contribution in [2.45, 2.75) is 333 Å². The smallest absolute Gasteiger partial charge is 0.457 e. The summed E-state index contributed by atoms with van der Waals surface area (Å²) in [6, 6.07) is 0. The van der Waals surface area contributed by atoms with Crippen LogP contribution in [0.5, 0.6) is 0 Å². The highest BCUT2D eigenvalue weighted by atomic mass is 31.2. The van der Waals surface area contributed by atoms with Crippen LogP contribution in [0.3, 0.4) is 0 Å². The summed E-state index contributed by atoms with van der Waals surface area (Å²) in [6.07, 6.45) is 49.7. The fourth-order valence-electron chi connectivity index (χ4n) is 9.74. The predicted octanol–water partition coefficient (Wildman–Crippen LogP) is 15.2. The molecule has 12 nitrogen and oxygen atoms in total. The zero-order valence-corrected chi connectivity index (χ0v) is 47.9. The van der Waals surface area contributed by atoms with Crippen molar-refractivity contribution < 1.29 is 58.3 Å². The van der Waals surface area contributed by atoms with Crippen LogP contribution in [-0.4, -0.2) is 98.9 Å². The van der Waals surface area contributed by atoms with Gasteiger partial charge in [-0.15, -0.1) is 0 Å². The van der Waals surface area contributed by atoms with E-state index in [1.165, 1.54) is 218 Å². The number of allylic oxidation sites excluding steroid dienone is 4. The van der Waals surface area contributed by atoms with E-state index in [2.05, 4.69) is 38.2 Å². The van der Waals surface area contributed by atoms with E-state index >= 15 is 0 Å². The Morgan fingerprint density at radius 1 is 0.438 bits per heavy atom. The van der Waals surface area contributed by atoms with Crippen LogP contribution < -0.4 is 0 Å². The lowest BCUT2D eigenvalue weighted by molar-refractivity contribution is -0.220. The molecule has 0 aliphatic heterocycles. The molecule has 432 valence electrons. The van der Waals surface area contributed by atoms with E-state index in [-0.39, 0.29) is 13.0 Å². The number of phosphoric ester groups is 1. The van der Waals surface area contributed by atoms with E-state index in [0.717, 1.165) is 44.9 Å². The van der Waals surface area contributed by atoms with Crippen LogP contribution in [0.1, 0.15) is 290 Å². The van der Waals surface area contributed by atoms with Gasteiger partial charge in [-0.3, -0.25) is 13.8 Å². The number of ether oxygens (including phenoxy) is 2. The van der Waals surface area contributed by atoms with E-state index in [1.807, 2.05) is 0 Å². The standard InChI is InChI=1S/C60H115O12P/c1-3-5-7-9-11-13-15-17-19-21-23-25-27-29-31-33-35-37-39-41-43-45-47-49-54(61)71-53(52-70-73(67,68)72-60-58(65)56(63)55(62)57(64)59(60)66)51-69-50-48-46-44-42-40-38-36-34-32-30-28-26-24-22-20-18-16-14-12-10-8-6-4-2/h15,17,21,23,53,55-60,62-66H,3-14,16,18-20,22,24-52H2,1-2H3,(H,67,68)/b17-15-,23-21-. The van der Waals surface area contributed by atoms with Crippen molar-refractivity contribution >= 4 is 13.8 Å². The minimum atomic E-state index is -5.03. The molecule has 13 heteroatoms. The first-order chi connectivity index (χ1) is 35.5. The van der Waals surface area contributed by atoms with Crippen molar-refractivity contribution in [3.63, 3.8) is 0 Å². The molecule has 0 bridgehead atoms. The molecule has 1 fully saturated rings. The van der Waals surface area contributed by atoms with E-state index in [4.69, 9.17) is 18.5 Å². The van der Waals surface area contributed by atoms with Gasteiger partial charge in [0.25, 0.3) is 0 Å². The highest BCUT2D eigenvalue weighted by molar-refractivity contribution is 7.47. The maximum absolute atomic E-state index is 12.9. The highest BCUT2D eigenvalue weighted by Crippen LogP contribution is 2.47. The normalized spacial score (nSPS) is 20.6. The molecule has 6 N–H and O–H groups in total. The van der Waals surface area contributed by atoms with Gasteiger partial charge in [0.1, 0.15) is 42.7 Å². The Hall–Kier alpha value is -1.18. The summed E-state index contributed by atoms with van der Waals surface area (Å²) >= 11 is 0. The molecule has 1 aliphatic carbocycles. The quantitative estimate of drug-likeness (QED) is 0.0146. The maximum atomic E-state index is 12.9. The molecule has 73 heavy (non-hydrogen) atoms. The summed E-state index contributed by atoms with van der Waals surface area (Å²) in [4.78, 5) is 23.4. The molecule has 0 saturated heterocycles. The van der Waals surface area contributed by atoms with Crippen LogP contribution >= 0.6 is 7.82 Å². The zero-order chi connectivity index (χ0) is 53.3. The maximum Gasteiger partial charge on any atom is 0.472 e. The van der Waals surface area contributed by atoms with Crippen molar-refractivity contribution in [2.24, 2.45) is 0 Å².